The minimum atomic E-state index is -0.0669. The monoisotopic (exact) mass is 246 g/mol. The van der Waals surface area contributed by atoms with Crippen molar-refractivity contribution in [3.63, 3.8) is 0 Å². The van der Waals surface area contributed by atoms with Crippen LogP contribution in [0.2, 0.25) is 0 Å². The van der Waals surface area contributed by atoms with Gasteiger partial charge in [0.2, 0.25) is 5.91 Å². The molecule has 1 aliphatic rings. The van der Waals surface area contributed by atoms with E-state index in [2.05, 4.69) is 31.2 Å². The molecule has 1 saturated heterocycles. The average molecular weight is 246 g/mol. The Balaban J connectivity index is 1.95. The second kappa shape index (κ2) is 6.01. The Bertz CT molecular complexity index is 399. The van der Waals surface area contributed by atoms with Gasteiger partial charge < -0.3 is 10.6 Å². The van der Waals surface area contributed by atoms with Gasteiger partial charge in [0.15, 0.2) is 0 Å². The van der Waals surface area contributed by atoms with Crippen LogP contribution in [0.5, 0.6) is 0 Å². The molecular formula is C15H22N2O. The van der Waals surface area contributed by atoms with Gasteiger partial charge in [-0.1, -0.05) is 37.6 Å². The number of carbonyl (C=O) groups excluding carboxylic acids is 1. The Morgan fingerprint density at radius 2 is 2.06 bits per heavy atom. The standard InChI is InChI=1S/C15H22N2O/c1-2-4-12-6-8-13(9-7-12)14(16)11-17-10-3-5-15(17)18/h6-9,14H,2-5,10-11,16H2,1H3. The maximum Gasteiger partial charge on any atom is 0.222 e. The molecule has 3 nitrogen and oxygen atoms in total. The first-order chi connectivity index (χ1) is 8.70. The Morgan fingerprint density at radius 3 is 2.61 bits per heavy atom. The molecule has 1 aromatic rings. The molecule has 0 aliphatic carbocycles. The second-order valence-corrected chi connectivity index (χ2v) is 5.04. The number of nitrogens with two attached hydrogens (primary N) is 1. The van der Waals surface area contributed by atoms with E-state index in [1.54, 1.807) is 0 Å². The molecular weight excluding hydrogens is 224 g/mol. The summed E-state index contributed by atoms with van der Waals surface area (Å²) in [7, 11) is 0. The molecule has 1 heterocycles. The Kier molecular flexibility index (Phi) is 4.37. The van der Waals surface area contributed by atoms with Gasteiger partial charge in [0.1, 0.15) is 0 Å². The van der Waals surface area contributed by atoms with Crippen molar-refractivity contribution in [1.29, 1.82) is 0 Å². The summed E-state index contributed by atoms with van der Waals surface area (Å²) in [5.41, 5.74) is 8.64. The maximum absolute atomic E-state index is 11.6. The summed E-state index contributed by atoms with van der Waals surface area (Å²) < 4.78 is 0. The first-order valence-corrected chi connectivity index (χ1v) is 6.83. The van der Waals surface area contributed by atoms with E-state index >= 15 is 0 Å². The van der Waals surface area contributed by atoms with Gasteiger partial charge in [-0.15, -0.1) is 0 Å². The number of aryl methyl sites for hydroxylation is 1. The predicted octanol–water partition coefficient (Wildman–Crippen LogP) is 2.26. The van der Waals surface area contributed by atoms with E-state index in [0.717, 1.165) is 31.4 Å². The van der Waals surface area contributed by atoms with E-state index in [9.17, 15) is 4.79 Å². The van der Waals surface area contributed by atoms with Crippen LogP contribution in [-0.2, 0) is 11.2 Å². The van der Waals surface area contributed by atoms with E-state index in [1.807, 2.05) is 4.90 Å². The number of amides is 1. The highest BCUT2D eigenvalue weighted by molar-refractivity contribution is 5.78. The molecule has 0 bridgehead atoms. The minimum Gasteiger partial charge on any atom is -0.341 e. The van der Waals surface area contributed by atoms with Crippen molar-refractivity contribution in [2.75, 3.05) is 13.1 Å². The van der Waals surface area contributed by atoms with Crippen LogP contribution >= 0.6 is 0 Å². The fourth-order valence-electron chi connectivity index (χ4n) is 2.46. The molecule has 1 aliphatic heterocycles. The molecule has 18 heavy (non-hydrogen) atoms. The van der Waals surface area contributed by atoms with Gasteiger partial charge in [-0.05, 0) is 24.0 Å². The summed E-state index contributed by atoms with van der Waals surface area (Å²) in [6.07, 6.45) is 3.93. The fraction of sp³-hybridized carbons (Fsp3) is 0.533. The summed E-state index contributed by atoms with van der Waals surface area (Å²) in [5.74, 6) is 0.244. The van der Waals surface area contributed by atoms with Gasteiger partial charge >= 0.3 is 0 Å². The largest absolute Gasteiger partial charge is 0.341 e. The highest BCUT2D eigenvalue weighted by Crippen LogP contribution is 2.17. The van der Waals surface area contributed by atoms with Crippen molar-refractivity contribution in [2.24, 2.45) is 5.73 Å². The summed E-state index contributed by atoms with van der Waals surface area (Å²) in [4.78, 5) is 13.4. The smallest absolute Gasteiger partial charge is 0.222 e. The van der Waals surface area contributed by atoms with Gasteiger partial charge in [-0.2, -0.15) is 0 Å². The molecule has 0 radical (unpaired) electrons. The predicted molar refractivity (Wildman–Crippen MR) is 73.2 cm³/mol. The van der Waals surface area contributed by atoms with Crippen molar-refractivity contribution in [1.82, 2.24) is 4.90 Å². The second-order valence-electron chi connectivity index (χ2n) is 5.04. The summed E-state index contributed by atoms with van der Waals surface area (Å²) >= 11 is 0. The van der Waals surface area contributed by atoms with E-state index in [0.29, 0.717) is 13.0 Å². The lowest BCUT2D eigenvalue weighted by molar-refractivity contribution is -0.127. The molecule has 1 fully saturated rings. The third kappa shape index (κ3) is 3.10. The molecule has 1 amide bonds. The first-order valence-electron chi connectivity index (χ1n) is 6.83. The molecule has 1 aromatic carbocycles. The lowest BCUT2D eigenvalue weighted by Crippen LogP contribution is -2.33. The average Bonchev–Trinajstić information content (AvgIpc) is 2.76. The normalized spacial score (nSPS) is 17.2. The highest BCUT2D eigenvalue weighted by atomic mass is 16.2. The van der Waals surface area contributed by atoms with Crippen molar-refractivity contribution < 1.29 is 4.79 Å². The number of benzene rings is 1. The molecule has 1 atom stereocenters. The van der Waals surface area contributed by atoms with Crippen LogP contribution in [0.3, 0.4) is 0 Å². The number of hydrogen-bond acceptors (Lipinski definition) is 2. The van der Waals surface area contributed by atoms with Crippen LogP contribution in [0.15, 0.2) is 24.3 Å². The SMILES string of the molecule is CCCc1ccc(C(N)CN2CCCC2=O)cc1. The zero-order valence-corrected chi connectivity index (χ0v) is 11.1. The third-order valence-corrected chi connectivity index (χ3v) is 3.54. The lowest BCUT2D eigenvalue weighted by atomic mass is 10.0. The van der Waals surface area contributed by atoms with Crippen molar-refractivity contribution in [3.05, 3.63) is 35.4 Å². The molecule has 2 N–H and O–H groups in total. The van der Waals surface area contributed by atoms with E-state index < -0.39 is 0 Å². The van der Waals surface area contributed by atoms with E-state index in [4.69, 9.17) is 5.73 Å². The topological polar surface area (TPSA) is 46.3 Å². The number of hydrogen-bond donors (Lipinski definition) is 1. The van der Waals surface area contributed by atoms with E-state index in [1.165, 1.54) is 5.56 Å². The first kappa shape index (κ1) is 13.1. The Labute approximate surface area is 109 Å². The minimum absolute atomic E-state index is 0.0669. The van der Waals surface area contributed by atoms with Crippen molar-refractivity contribution >= 4 is 5.91 Å². The van der Waals surface area contributed by atoms with Crippen molar-refractivity contribution in [3.8, 4) is 0 Å². The molecule has 0 aromatic heterocycles. The number of carbonyl (C=O) groups is 1. The molecule has 98 valence electrons. The summed E-state index contributed by atoms with van der Waals surface area (Å²) in [5, 5.41) is 0. The maximum atomic E-state index is 11.6. The Hall–Kier alpha value is -1.35. The lowest BCUT2D eigenvalue weighted by Gasteiger charge is -2.21. The van der Waals surface area contributed by atoms with E-state index in [-0.39, 0.29) is 11.9 Å². The van der Waals surface area contributed by atoms with Gasteiger partial charge in [0.25, 0.3) is 0 Å². The van der Waals surface area contributed by atoms with Gasteiger partial charge in [-0.25, -0.2) is 0 Å². The number of rotatable bonds is 5. The van der Waals surface area contributed by atoms with Gasteiger partial charge in [-0.3, -0.25) is 4.79 Å². The third-order valence-electron chi connectivity index (χ3n) is 3.54. The van der Waals surface area contributed by atoms with Crippen LogP contribution in [0.25, 0.3) is 0 Å². The quantitative estimate of drug-likeness (QED) is 0.866. The summed E-state index contributed by atoms with van der Waals surface area (Å²) in [6, 6.07) is 8.41. The summed E-state index contributed by atoms with van der Waals surface area (Å²) in [6.45, 7) is 3.69. The van der Waals surface area contributed by atoms with Crippen LogP contribution < -0.4 is 5.73 Å². The molecule has 3 heteroatoms. The van der Waals surface area contributed by atoms with Crippen LogP contribution in [0.4, 0.5) is 0 Å². The molecule has 0 spiro atoms. The zero-order valence-electron chi connectivity index (χ0n) is 11.1. The van der Waals surface area contributed by atoms with Crippen LogP contribution in [-0.4, -0.2) is 23.9 Å². The van der Waals surface area contributed by atoms with Crippen LogP contribution in [0.1, 0.15) is 43.4 Å². The Morgan fingerprint density at radius 1 is 1.33 bits per heavy atom. The fourth-order valence-corrected chi connectivity index (χ4v) is 2.46. The molecule has 1 unspecified atom stereocenters. The van der Waals surface area contributed by atoms with Gasteiger partial charge in [0, 0.05) is 25.6 Å². The number of nitrogens with zero attached hydrogens (tertiary/aromatic N) is 1. The zero-order chi connectivity index (χ0) is 13.0. The number of likely N-dealkylation sites (tertiary alicyclic amines) is 1. The molecule has 2 rings (SSSR count). The highest BCUT2D eigenvalue weighted by Gasteiger charge is 2.22. The van der Waals surface area contributed by atoms with Crippen LogP contribution in [0, 0.1) is 0 Å². The van der Waals surface area contributed by atoms with Gasteiger partial charge in [0.05, 0.1) is 0 Å². The molecule has 0 saturated carbocycles. The van der Waals surface area contributed by atoms with Crippen molar-refractivity contribution in [2.45, 2.75) is 38.6 Å².